The second kappa shape index (κ2) is 7.71. The molecule has 0 saturated heterocycles. The molecule has 94 valence electrons. The summed E-state index contributed by atoms with van der Waals surface area (Å²) in [5.41, 5.74) is 2.56. The van der Waals surface area contributed by atoms with E-state index in [2.05, 4.69) is 53.7 Å². The highest BCUT2D eigenvalue weighted by molar-refractivity contribution is 5.79. The van der Waals surface area contributed by atoms with Crippen LogP contribution in [0.3, 0.4) is 0 Å². The zero-order valence-corrected chi connectivity index (χ0v) is 11.1. The SMILES string of the molecule is CCCCNC(=NC)NCc1ccc(C)cc1. The lowest BCUT2D eigenvalue weighted by Crippen LogP contribution is -2.37. The molecule has 0 aromatic heterocycles. The molecule has 0 fully saturated rings. The molecule has 0 spiro atoms. The van der Waals surface area contributed by atoms with E-state index in [0.717, 1.165) is 19.0 Å². The van der Waals surface area contributed by atoms with E-state index < -0.39 is 0 Å². The number of rotatable bonds is 5. The van der Waals surface area contributed by atoms with Crippen LogP contribution in [0.15, 0.2) is 29.3 Å². The van der Waals surface area contributed by atoms with Crippen molar-refractivity contribution in [1.29, 1.82) is 0 Å². The maximum Gasteiger partial charge on any atom is 0.191 e. The number of aryl methyl sites for hydroxylation is 1. The zero-order chi connectivity index (χ0) is 12.5. The number of unbranched alkanes of at least 4 members (excludes halogenated alkanes) is 1. The van der Waals surface area contributed by atoms with E-state index in [1.165, 1.54) is 24.0 Å². The Labute approximate surface area is 104 Å². The van der Waals surface area contributed by atoms with E-state index in [1.54, 1.807) is 7.05 Å². The quantitative estimate of drug-likeness (QED) is 0.465. The lowest BCUT2D eigenvalue weighted by atomic mass is 10.1. The van der Waals surface area contributed by atoms with Crippen molar-refractivity contribution in [2.75, 3.05) is 13.6 Å². The minimum atomic E-state index is 0.812. The van der Waals surface area contributed by atoms with Gasteiger partial charge in [-0.25, -0.2) is 0 Å². The van der Waals surface area contributed by atoms with Gasteiger partial charge in [-0.2, -0.15) is 0 Å². The van der Waals surface area contributed by atoms with Gasteiger partial charge in [0.2, 0.25) is 0 Å². The molecule has 0 unspecified atom stereocenters. The van der Waals surface area contributed by atoms with Crippen molar-refractivity contribution in [1.82, 2.24) is 10.6 Å². The van der Waals surface area contributed by atoms with Crippen LogP contribution in [0.1, 0.15) is 30.9 Å². The molecule has 0 amide bonds. The summed E-state index contributed by atoms with van der Waals surface area (Å²) in [6.07, 6.45) is 2.37. The molecule has 1 aromatic carbocycles. The van der Waals surface area contributed by atoms with Crippen molar-refractivity contribution >= 4 is 5.96 Å². The van der Waals surface area contributed by atoms with Crippen LogP contribution in [0.25, 0.3) is 0 Å². The first-order chi connectivity index (χ1) is 8.26. The Morgan fingerprint density at radius 2 is 1.88 bits per heavy atom. The third-order valence-corrected chi connectivity index (χ3v) is 2.63. The molecule has 0 radical (unpaired) electrons. The fourth-order valence-electron chi connectivity index (χ4n) is 1.50. The van der Waals surface area contributed by atoms with Gasteiger partial charge in [-0.3, -0.25) is 4.99 Å². The Balaban J connectivity index is 2.35. The number of benzene rings is 1. The Hall–Kier alpha value is -1.51. The third kappa shape index (κ3) is 5.38. The van der Waals surface area contributed by atoms with Crippen LogP contribution in [-0.4, -0.2) is 19.6 Å². The number of aliphatic imine (C=N–C) groups is 1. The van der Waals surface area contributed by atoms with Gasteiger partial charge in [0.15, 0.2) is 5.96 Å². The Kier molecular flexibility index (Phi) is 6.15. The molecular weight excluding hydrogens is 210 g/mol. The normalized spacial score (nSPS) is 11.4. The fraction of sp³-hybridized carbons (Fsp3) is 0.500. The molecule has 17 heavy (non-hydrogen) atoms. The molecule has 2 N–H and O–H groups in total. The first-order valence-corrected chi connectivity index (χ1v) is 6.26. The number of guanidine groups is 1. The highest BCUT2D eigenvalue weighted by Gasteiger charge is 1.97. The van der Waals surface area contributed by atoms with Crippen molar-refractivity contribution < 1.29 is 0 Å². The van der Waals surface area contributed by atoms with Crippen LogP contribution in [0.2, 0.25) is 0 Å². The molecule has 1 rings (SSSR count). The van der Waals surface area contributed by atoms with Crippen molar-refractivity contribution in [3.05, 3.63) is 35.4 Å². The average molecular weight is 233 g/mol. The summed E-state index contributed by atoms with van der Waals surface area (Å²) in [7, 11) is 1.80. The molecule has 0 aliphatic rings. The van der Waals surface area contributed by atoms with Gasteiger partial charge < -0.3 is 10.6 Å². The van der Waals surface area contributed by atoms with Crippen LogP contribution < -0.4 is 10.6 Å². The molecule has 0 saturated carbocycles. The largest absolute Gasteiger partial charge is 0.356 e. The molecule has 0 aliphatic heterocycles. The van der Waals surface area contributed by atoms with Crippen LogP contribution in [0, 0.1) is 6.92 Å². The number of hydrogen-bond donors (Lipinski definition) is 2. The summed E-state index contributed by atoms with van der Waals surface area (Å²) in [5.74, 6) is 0.874. The van der Waals surface area contributed by atoms with Crippen molar-refractivity contribution in [2.24, 2.45) is 4.99 Å². The summed E-state index contributed by atoms with van der Waals surface area (Å²) >= 11 is 0. The molecule has 0 bridgehead atoms. The molecule has 3 heteroatoms. The standard InChI is InChI=1S/C14H23N3/c1-4-5-10-16-14(15-3)17-11-13-8-6-12(2)7-9-13/h6-9H,4-5,10-11H2,1-3H3,(H2,15,16,17). The second-order valence-corrected chi connectivity index (χ2v) is 4.19. The molecule has 3 nitrogen and oxygen atoms in total. The van der Waals surface area contributed by atoms with Crippen LogP contribution >= 0.6 is 0 Å². The molecule has 0 atom stereocenters. The Morgan fingerprint density at radius 3 is 2.47 bits per heavy atom. The highest BCUT2D eigenvalue weighted by Crippen LogP contribution is 2.02. The van der Waals surface area contributed by atoms with Gasteiger partial charge in [0, 0.05) is 20.1 Å². The lowest BCUT2D eigenvalue weighted by Gasteiger charge is -2.11. The predicted molar refractivity (Wildman–Crippen MR) is 74.3 cm³/mol. The summed E-state index contributed by atoms with van der Waals surface area (Å²) in [6.45, 7) is 6.07. The molecule has 0 aliphatic carbocycles. The monoisotopic (exact) mass is 233 g/mol. The first kappa shape index (κ1) is 13.6. The smallest absolute Gasteiger partial charge is 0.191 e. The molecule has 1 aromatic rings. The average Bonchev–Trinajstić information content (AvgIpc) is 2.35. The van der Waals surface area contributed by atoms with E-state index in [1.807, 2.05) is 0 Å². The topological polar surface area (TPSA) is 36.4 Å². The van der Waals surface area contributed by atoms with Gasteiger partial charge >= 0.3 is 0 Å². The van der Waals surface area contributed by atoms with Crippen LogP contribution in [-0.2, 0) is 6.54 Å². The van der Waals surface area contributed by atoms with Crippen molar-refractivity contribution in [3.63, 3.8) is 0 Å². The van der Waals surface area contributed by atoms with E-state index in [9.17, 15) is 0 Å². The fourth-order valence-corrected chi connectivity index (χ4v) is 1.50. The van der Waals surface area contributed by atoms with E-state index in [-0.39, 0.29) is 0 Å². The number of nitrogens with zero attached hydrogens (tertiary/aromatic N) is 1. The predicted octanol–water partition coefficient (Wildman–Crippen LogP) is 2.46. The summed E-state index contributed by atoms with van der Waals surface area (Å²) in [5, 5.41) is 6.59. The summed E-state index contributed by atoms with van der Waals surface area (Å²) in [4.78, 5) is 4.19. The maximum atomic E-state index is 4.19. The Morgan fingerprint density at radius 1 is 1.18 bits per heavy atom. The van der Waals surface area contributed by atoms with Gasteiger partial charge in [-0.1, -0.05) is 43.2 Å². The van der Waals surface area contributed by atoms with Crippen molar-refractivity contribution in [3.8, 4) is 0 Å². The number of hydrogen-bond acceptors (Lipinski definition) is 1. The van der Waals surface area contributed by atoms with Crippen molar-refractivity contribution in [2.45, 2.75) is 33.2 Å². The van der Waals surface area contributed by atoms with Gasteiger partial charge in [-0.05, 0) is 18.9 Å². The zero-order valence-electron chi connectivity index (χ0n) is 11.1. The van der Waals surface area contributed by atoms with E-state index in [0.29, 0.717) is 0 Å². The third-order valence-electron chi connectivity index (χ3n) is 2.63. The number of nitrogens with one attached hydrogen (secondary N) is 2. The van der Waals surface area contributed by atoms with Gasteiger partial charge in [-0.15, -0.1) is 0 Å². The molecule has 0 heterocycles. The Bertz CT molecular complexity index is 341. The summed E-state index contributed by atoms with van der Waals surface area (Å²) < 4.78 is 0. The molecular formula is C14H23N3. The van der Waals surface area contributed by atoms with E-state index in [4.69, 9.17) is 0 Å². The van der Waals surface area contributed by atoms with E-state index >= 15 is 0 Å². The van der Waals surface area contributed by atoms with Crippen LogP contribution in [0.5, 0.6) is 0 Å². The van der Waals surface area contributed by atoms with Crippen LogP contribution in [0.4, 0.5) is 0 Å². The van der Waals surface area contributed by atoms with Gasteiger partial charge in [0.05, 0.1) is 0 Å². The highest BCUT2D eigenvalue weighted by atomic mass is 15.2. The maximum absolute atomic E-state index is 4.19. The second-order valence-electron chi connectivity index (χ2n) is 4.19. The minimum Gasteiger partial charge on any atom is -0.356 e. The minimum absolute atomic E-state index is 0.812. The first-order valence-electron chi connectivity index (χ1n) is 6.26. The summed E-state index contributed by atoms with van der Waals surface area (Å²) in [6, 6.07) is 8.54. The van der Waals surface area contributed by atoms with Gasteiger partial charge in [0.1, 0.15) is 0 Å². The lowest BCUT2D eigenvalue weighted by molar-refractivity contribution is 0.729. The van der Waals surface area contributed by atoms with Gasteiger partial charge in [0.25, 0.3) is 0 Å².